The highest BCUT2D eigenvalue weighted by Crippen LogP contribution is 2.59. The zero-order chi connectivity index (χ0) is 21.3. The van der Waals surface area contributed by atoms with Crippen LogP contribution in [0.3, 0.4) is 0 Å². The predicted octanol–water partition coefficient (Wildman–Crippen LogP) is 3.54. The van der Waals surface area contributed by atoms with Crippen molar-refractivity contribution in [2.75, 3.05) is 19.6 Å². The Hall–Kier alpha value is -2.63. The van der Waals surface area contributed by atoms with Crippen molar-refractivity contribution >= 4 is 11.8 Å². The van der Waals surface area contributed by atoms with Crippen molar-refractivity contribution in [2.24, 2.45) is 11.3 Å². The molecule has 0 bridgehead atoms. The molecule has 3 aliphatic rings. The van der Waals surface area contributed by atoms with Gasteiger partial charge >= 0.3 is 0 Å². The summed E-state index contributed by atoms with van der Waals surface area (Å²) < 4.78 is 5.43. The number of rotatable bonds is 6. The Morgan fingerprint density at radius 1 is 1.13 bits per heavy atom. The molecule has 0 radical (unpaired) electrons. The molecule has 2 heterocycles. The van der Waals surface area contributed by atoms with Crippen LogP contribution in [0.1, 0.15) is 65.9 Å². The van der Waals surface area contributed by atoms with Gasteiger partial charge in [0.05, 0.1) is 0 Å². The van der Waals surface area contributed by atoms with E-state index in [0.29, 0.717) is 18.8 Å². The van der Waals surface area contributed by atoms with Gasteiger partial charge in [-0.2, -0.15) is 0 Å². The number of likely N-dealkylation sites (tertiary alicyclic amines) is 1. The van der Waals surface area contributed by atoms with Crippen LogP contribution in [0.4, 0.5) is 0 Å². The number of hydrogen-bond donors (Lipinski definition) is 1. The maximum Gasteiger partial charge on any atom is 0.276 e. The molecule has 1 saturated carbocycles. The van der Waals surface area contributed by atoms with Crippen LogP contribution < -0.4 is 5.32 Å². The number of carbonyl (C=O) groups excluding carboxylic acids is 2. The largest absolute Gasteiger partial charge is 0.360 e. The monoisotopic (exact) mass is 421 g/mol. The van der Waals surface area contributed by atoms with E-state index in [-0.39, 0.29) is 23.1 Å². The Labute approximate surface area is 183 Å². The van der Waals surface area contributed by atoms with Crippen molar-refractivity contribution in [2.45, 2.75) is 57.8 Å². The van der Waals surface area contributed by atoms with Gasteiger partial charge < -0.3 is 14.7 Å². The molecule has 2 amide bonds. The van der Waals surface area contributed by atoms with Gasteiger partial charge in [-0.25, -0.2) is 0 Å². The maximum absolute atomic E-state index is 13.0. The Morgan fingerprint density at radius 3 is 2.71 bits per heavy atom. The molecule has 5 rings (SSSR count). The van der Waals surface area contributed by atoms with Crippen molar-refractivity contribution < 1.29 is 14.1 Å². The number of nitrogens with one attached hydrogen (secondary N) is 1. The Kier molecular flexibility index (Phi) is 5.55. The number of aromatic nitrogens is 1. The molecular weight excluding hydrogens is 390 g/mol. The van der Waals surface area contributed by atoms with Gasteiger partial charge in [0.1, 0.15) is 5.76 Å². The lowest BCUT2D eigenvalue weighted by atomic mass is 9.90. The van der Waals surface area contributed by atoms with Crippen LogP contribution in [0.25, 0.3) is 0 Å². The summed E-state index contributed by atoms with van der Waals surface area (Å²) >= 11 is 0. The quantitative estimate of drug-likeness (QED) is 0.724. The number of aryl methyl sites for hydroxylation is 2. The first-order chi connectivity index (χ1) is 15.2. The molecule has 6 nitrogen and oxygen atoms in total. The van der Waals surface area contributed by atoms with Crippen molar-refractivity contribution in [3.05, 3.63) is 52.9 Å². The van der Waals surface area contributed by atoms with Crippen molar-refractivity contribution in [1.82, 2.24) is 15.4 Å². The van der Waals surface area contributed by atoms with Crippen LogP contribution in [0.5, 0.6) is 0 Å². The second-order valence-corrected chi connectivity index (χ2v) is 9.43. The van der Waals surface area contributed by atoms with Gasteiger partial charge in [-0.3, -0.25) is 9.59 Å². The van der Waals surface area contributed by atoms with E-state index in [1.807, 2.05) is 11.0 Å². The Bertz CT molecular complexity index is 944. The summed E-state index contributed by atoms with van der Waals surface area (Å²) in [7, 11) is 0. The van der Waals surface area contributed by atoms with E-state index in [2.05, 4.69) is 34.7 Å². The third kappa shape index (κ3) is 4.12. The fourth-order valence-electron chi connectivity index (χ4n) is 5.40. The first-order valence-corrected chi connectivity index (χ1v) is 11.7. The number of amides is 2. The standard InChI is InChI=1S/C25H31N3O3/c29-23(26-14-6-9-18-7-2-1-3-8-18)20-17-25(20)12-15-28(16-13-25)24(30)22-19-10-4-5-11-21(19)31-27-22/h1-3,7-8,20H,4-6,9-17H2,(H,26,29). The zero-order valence-corrected chi connectivity index (χ0v) is 18.1. The fraction of sp³-hybridized carbons (Fsp3) is 0.560. The lowest BCUT2D eigenvalue weighted by Crippen LogP contribution is -2.41. The minimum atomic E-state index is 0.00399. The van der Waals surface area contributed by atoms with E-state index < -0.39 is 0 Å². The number of carbonyl (C=O) groups is 2. The smallest absolute Gasteiger partial charge is 0.276 e. The van der Waals surface area contributed by atoms with E-state index in [1.54, 1.807) is 0 Å². The van der Waals surface area contributed by atoms with Crippen molar-refractivity contribution in [3.63, 3.8) is 0 Å². The first kappa shape index (κ1) is 20.3. The van der Waals surface area contributed by atoms with Crippen molar-refractivity contribution in [3.8, 4) is 0 Å². The molecule has 1 saturated heterocycles. The molecule has 1 aromatic heterocycles. The normalized spacial score (nSPS) is 21.5. The summed E-state index contributed by atoms with van der Waals surface area (Å²) in [5, 5.41) is 7.24. The van der Waals surface area contributed by atoms with E-state index in [0.717, 1.165) is 75.7 Å². The van der Waals surface area contributed by atoms with Crippen molar-refractivity contribution in [1.29, 1.82) is 0 Å². The SMILES string of the molecule is O=C(NCCCc1ccccc1)C1CC12CCN(C(=O)c1noc3c1CCCC3)CC2. The van der Waals surface area contributed by atoms with E-state index in [9.17, 15) is 9.59 Å². The van der Waals surface area contributed by atoms with E-state index in [1.165, 1.54) is 5.56 Å². The molecule has 31 heavy (non-hydrogen) atoms. The Morgan fingerprint density at radius 2 is 1.90 bits per heavy atom. The molecule has 2 aliphatic carbocycles. The van der Waals surface area contributed by atoms with Gasteiger partial charge in [0.2, 0.25) is 5.91 Å². The highest BCUT2D eigenvalue weighted by atomic mass is 16.5. The molecule has 2 aromatic rings. The Balaban J connectivity index is 1.08. The molecule has 6 heteroatoms. The highest BCUT2D eigenvalue weighted by Gasteiger charge is 2.58. The van der Waals surface area contributed by atoms with Crippen LogP contribution in [-0.2, 0) is 24.1 Å². The maximum atomic E-state index is 13.0. The average Bonchev–Trinajstić information content (AvgIpc) is 3.33. The van der Waals surface area contributed by atoms with Crippen LogP contribution in [0.2, 0.25) is 0 Å². The minimum Gasteiger partial charge on any atom is -0.360 e. The molecule has 1 unspecified atom stereocenters. The molecule has 2 fully saturated rings. The summed E-state index contributed by atoms with van der Waals surface area (Å²) in [6.07, 6.45) is 8.70. The molecule has 1 N–H and O–H groups in total. The van der Waals surface area contributed by atoms with Crippen LogP contribution in [0.15, 0.2) is 34.9 Å². The molecule has 1 atom stereocenters. The number of benzene rings is 1. The molecule has 1 aliphatic heterocycles. The fourth-order valence-corrected chi connectivity index (χ4v) is 5.40. The summed E-state index contributed by atoms with van der Waals surface area (Å²) in [6, 6.07) is 10.4. The van der Waals surface area contributed by atoms with Gasteiger partial charge in [-0.05, 0) is 62.3 Å². The first-order valence-electron chi connectivity index (χ1n) is 11.7. The van der Waals surface area contributed by atoms with Crippen LogP contribution in [-0.4, -0.2) is 41.5 Å². The molecule has 1 spiro atoms. The van der Waals surface area contributed by atoms with Crippen LogP contribution >= 0.6 is 0 Å². The number of nitrogens with zero attached hydrogens (tertiary/aromatic N) is 2. The van der Waals surface area contributed by atoms with Crippen LogP contribution in [0, 0.1) is 11.3 Å². The van der Waals surface area contributed by atoms with Gasteiger partial charge in [0.15, 0.2) is 5.69 Å². The summed E-state index contributed by atoms with van der Waals surface area (Å²) in [6.45, 7) is 2.14. The lowest BCUT2D eigenvalue weighted by molar-refractivity contribution is -0.123. The van der Waals surface area contributed by atoms with Gasteiger partial charge in [0.25, 0.3) is 5.91 Å². The number of piperidine rings is 1. The molecule has 164 valence electrons. The topological polar surface area (TPSA) is 75.4 Å². The summed E-state index contributed by atoms with van der Waals surface area (Å²) in [4.78, 5) is 27.5. The average molecular weight is 422 g/mol. The molecule has 1 aromatic carbocycles. The minimum absolute atomic E-state index is 0.00399. The van der Waals surface area contributed by atoms with Gasteiger partial charge in [0, 0.05) is 37.5 Å². The van der Waals surface area contributed by atoms with E-state index >= 15 is 0 Å². The highest BCUT2D eigenvalue weighted by molar-refractivity contribution is 5.94. The van der Waals surface area contributed by atoms with Gasteiger partial charge in [-0.15, -0.1) is 0 Å². The number of fused-ring (bicyclic) bond motifs is 1. The lowest BCUT2D eigenvalue weighted by Gasteiger charge is -2.32. The summed E-state index contributed by atoms with van der Waals surface area (Å²) in [5.41, 5.74) is 2.96. The number of hydrogen-bond acceptors (Lipinski definition) is 4. The second kappa shape index (κ2) is 8.48. The molecular formula is C25H31N3O3. The van der Waals surface area contributed by atoms with E-state index in [4.69, 9.17) is 4.52 Å². The predicted molar refractivity (Wildman–Crippen MR) is 117 cm³/mol. The second-order valence-electron chi connectivity index (χ2n) is 9.43. The summed E-state index contributed by atoms with van der Waals surface area (Å²) in [5.74, 6) is 1.21. The third-order valence-electron chi connectivity index (χ3n) is 7.49. The zero-order valence-electron chi connectivity index (χ0n) is 18.1. The third-order valence-corrected chi connectivity index (χ3v) is 7.49. The van der Waals surface area contributed by atoms with Gasteiger partial charge in [-0.1, -0.05) is 35.5 Å².